The summed E-state index contributed by atoms with van der Waals surface area (Å²) >= 11 is 0. The smallest absolute Gasteiger partial charge is 0.203 e. The molecule has 110 valence electrons. The van der Waals surface area contributed by atoms with Crippen molar-refractivity contribution in [2.45, 2.75) is 33.4 Å². The minimum Gasteiger partial charge on any atom is -0.487 e. The molecule has 1 aliphatic rings. The Hall–Kier alpha value is -2.30. The molecule has 0 aliphatic carbocycles. The summed E-state index contributed by atoms with van der Waals surface area (Å²) in [6.07, 6.45) is 0.912. The third kappa shape index (κ3) is 2.63. The zero-order chi connectivity index (χ0) is 14.8. The van der Waals surface area contributed by atoms with Crippen molar-refractivity contribution in [3.63, 3.8) is 0 Å². The highest BCUT2D eigenvalue weighted by molar-refractivity contribution is 6.02. The van der Waals surface area contributed by atoms with E-state index in [-0.39, 0.29) is 12.4 Å². The highest BCUT2D eigenvalue weighted by Crippen LogP contribution is 2.29. The van der Waals surface area contributed by atoms with Crippen LogP contribution in [0.15, 0.2) is 24.3 Å². The monoisotopic (exact) mass is 286 g/mol. The van der Waals surface area contributed by atoms with Crippen LogP contribution in [0, 0.1) is 0 Å². The van der Waals surface area contributed by atoms with Crippen molar-refractivity contribution in [1.82, 2.24) is 9.78 Å². The van der Waals surface area contributed by atoms with Gasteiger partial charge in [-0.05, 0) is 31.5 Å². The van der Waals surface area contributed by atoms with Crippen LogP contribution in [0.2, 0.25) is 0 Å². The van der Waals surface area contributed by atoms with Crippen LogP contribution in [0.1, 0.15) is 35.6 Å². The number of aromatic nitrogens is 2. The number of carbonyl (C=O) groups excluding carboxylic acids is 1. The summed E-state index contributed by atoms with van der Waals surface area (Å²) in [4.78, 5) is 11.5. The van der Waals surface area contributed by atoms with E-state index in [0.717, 1.165) is 24.4 Å². The minimum atomic E-state index is 0.0215. The molecular formula is C16H18N2O3. The maximum atomic E-state index is 11.5. The molecule has 1 aromatic heterocycles. The molecule has 5 nitrogen and oxygen atoms in total. The van der Waals surface area contributed by atoms with Gasteiger partial charge in [-0.1, -0.05) is 6.92 Å². The predicted octanol–water partition coefficient (Wildman–Crippen LogP) is 2.62. The van der Waals surface area contributed by atoms with Crippen molar-refractivity contribution in [3.05, 3.63) is 41.2 Å². The lowest BCUT2D eigenvalue weighted by molar-refractivity contribution is 0.0961. The zero-order valence-electron chi connectivity index (χ0n) is 12.3. The number of hydrogen-bond acceptors (Lipinski definition) is 4. The largest absolute Gasteiger partial charge is 0.487 e. The number of fused-ring (bicyclic) bond motifs is 1. The average molecular weight is 286 g/mol. The van der Waals surface area contributed by atoms with Crippen molar-refractivity contribution in [3.8, 4) is 11.5 Å². The number of ketones is 1. The molecule has 1 aliphatic heterocycles. The number of aryl methyl sites for hydroxylation is 2. The van der Waals surface area contributed by atoms with Crippen LogP contribution in [0.25, 0.3) is 0 Å². The molecule has 0 fully saturated rings. The summed E-state index contributed by atoms with van der Waals surface area (Å²) in [6, 6.07) is 7.40. The third-order valence-electron chi connectivity index (χ3n) is 3.57. The Labute approximate surface area is 123 Å². The van der Waals surface area contributed by atoms with Crippen LogP contribution in [0.5, 0.6) is 11.5 Å². The van der Waals surface area contributed by atoms with Crippen molar-refractivity contribution >= 4 is 5.78 Å². The summed E-state index contributed by atoms with van der Waals surface area (Å²) in [5.74, 6) is 1.33. The van der Waals surface area contributed by atoms with E-state index in [4.69, 9.17) is 9.47 Å². The van der Waals surface area contributed by atoms with Crippen LogP contribution in [-0.2, 0) is 19.6 Å². The van der Waals surface area contributed by atoms with Gasteiger partial charge in [-0.25, -0.2) is 0 Å². The van der Waals surface area contributed by atoms with E-state index in [1.807, 2.05) is 4.68 Å². The molecule has 0 amide bonds. The molecule has 2 aromatic rings. The summed E-state index contributed by atoms with van der Waals surface area (Å²) in [5, 5.41) is 4.49. The summed E-state index contributed by atoms with van der Waals surface area (Å²) < 4.78 is 13.1. The highest BCUT2D eigenvalue weighted by Gasteiger charge is 2.21. The number of rotatable bonds is 5. The van der Waals surface area contributed by atoms with Crippen molar-refractivity contribution in [1.29, 1.82) is 0 Å². The molecule has 3 rings (SSSR count). The fourth-order valence-corrected chi connectivity index (χ4v) is 2.40. The molecule has 0 bridgehead atoms. The van der Waals surface area contributed by atoms with Gasteiger partial charge in [0, 0.05) is 12.6 Å². The molecule has 1 aromatic carbocycles. The number of nitrogens with zero attached hydrogens (tertiary/aromatic N) is 2. The number of hydrogen-bond donors (Lipinski definition) is 0. The van der Waals surface area contributed by atoms with Crippen LogP contribution >= 0.6 is 0 Å². The molecular weight excluding hydrogens is 268 g/mol. The maximum Gasteiger partial charge on any atom is 0.203 e. The molecule has 5 heteroatoms. The first-order valence-corrected chi connectivity index (χ1v) is 7.19. The molecule has 0 atom stereocenters. The Morgan fingerprint density at radius 2 is 2.19 bits per heavy atom. The Balaban J connectivity index is 1.73. The number of benzene rings is 1. The van der Waals surface area contributed by atoms with Gasteiger partial charge in [0.2, 0.25) is 5.78 Å². The summed E-state index contributed by atoms with van der Waals surface area (Å²) in [7, 11) is 0. The average Bonchev–Trinajstić information content (AvgIpc) is 3.08. The van der Waals surface area contributed by atoms with Crippen LogP contribution in [0.3, 0.4) is 0 Å². The molecule has 0 radical (unpaired) electrons. The van der Waals surface area contributed by atoms with E-state index >= 15 is 0 Å². The fraction of sp³-hybridized carbons (Fsp3) is 0.375. The van der Waals surface area contributed by atoms with Gasteiger partial charge in [-0.3, -0.25) is 9.48 Å². The normalized spacial score (nSPS) is 13.1. The minimum absolute atomic E-state index is 0.0215. The number of carbonyl (C=O) groups is 1. The molecule has 2 heterocycles. The first-order valence-electron chi connectivity index (χ1n) is 7.19. The van der Waals surface area contributed by atoms with E-state index in [1.54, 1.807) is 18.2 Å². The van der Waals surface area contributed by atoms with E-state index < -0.39 is 0 Å². The second-order valence-electron chi connectivity index (χ2n) is 4.95. The lowest BCUT2D eigenvalue weighted by Gasteiger charge is -2.08. The summed E-state index contributed by atoms with van der Waals surface area (Å²) in [5.41, 5.74) is 2.75. The zero-order valence-corrected chi connectivity index (χ0v) is 12.3. The van der Waals surface area contributed by atoms with Gasteiger partial charge in [-0.15, -0.1) is 0 Å². The maximum absolute atomic E-state index is 11.5. The van der Waals surface area contributed by atoms with Crippen LogP contribution < -0.4 is 9.47 Å². The van der Waals surface area contributed by atoms with Gasteiger partial charge in [0.15, 0.2) is 6.61 Å². The van der Waals surface area contributed by atoms with Crippen LogP contribution in [0.4, 0.5) is 0 Å². The van der Waals surface area contributed by atoms with Gasteiger partial charge in [0.05, 0.1) is 17.0 Å². The third-order valence-corrected chi connectivity index (χ3v) is 3.57. The van der Waals surface area contributed by atoms with Gasteiger partial charge in [0.1, 0.15) is 18.1 Å². The number of ether oxygens (including phenoxy) is 2. The molecule has 0 unspecified atom stereocenters. The van der Waals surface area contributed by atoms with E-state index in [2.05, 4.69) is 25.0 Å². The summed E-state index contributed by atoms with van der Waals surface area (Å²) in [6.45, 7) is 5.54. The van der Waals surface area contributed by atoms with Gasteiger partial charge in [0.25, 0.3) is 0 Å². The molecule has 21 heavy (non-hydrogen) atoms. The van der Waals surface area contributed by atoms with Gasteiger partial charge in [-0.2, -0.15) is 5.10 Å². The van der Waals surface area contributed by atoms with Crippen molar-refractivity contribution in [2.24, 2.45) is 0 Å². The van der Waals surface area contributed by atoms with Crippen molar-refractivity contribution < 1.29 is 14.3 Å². The van der Waals surface area contributed by atoms with E-state index in [9.17, 15) is 4.79 Å². The topological polar surface area (TPSA) is 53.4 Å². The van der Waals surface area contributed by atoms with Crippen LogP contribution in [-0.4, -0.2) is 22.2 Å². The first kappa shape index (κ1) is 13.7. The fourth-order valence-electron chi connectivity index (χ4n) is 2.40. The quantitative estimate of drug-likeness (QED) is 0.848. The molecule has 0 saturated carbocycles. The Morgan fingerprint density at radius 1 is 1.33 bits per heavy atom. The van der Waals surface area contributed by atoms with E-state index in [1.165, 1.54) is 0 Å². The lowest BCUT2D eigenvalue weighted by atomic mass is 10.1. The lowest BCUT2D eigenvalue weighted by Crippen LogP contribution is -2.06. The molecule has 0 N–H and O–H groups in total. The Morgan fingerprint density at radius 3 is 2.95 bits per heavy atom. The predicted molar refractivity (Wildman–Crippen MR) is 77.9 cm³/mol. The van der Waals surface area contributed by atoms with Gasteiger partial charge < -0.3 is 9.47 Å². The highest BCUT2D eigenvalue weighted by atomic mass is 16.5. The number of Topliss-reactive ketones (excluding diaryl/α,β-unsaturated/α-hetero) is 1. The van der Waals surface area contributed by atoms with E-state index in [0.29, 0.717) is 23.7 Å². The molecule has 0 spiro atoms. The SMILES string of the molecule is CCc1cc(COc2ccc3c(c2)OCC3=O)n(CC)n1. The molecule has 0 saturated heterocycles. The van der Waals surface area contributed by atoms with Gasteiger partial charge >= 0.3 is 0 Å². The second kappa shape index (κ2) is 5.60. The Kier molecular flexibility index (Phi) is 3.64. The Bertz CT molecular complexity index is 676. The second-order valence-corrected chi connectivity index (χ2v) is 4.95. The first-order chi connectivity index (χ1) is 10.2. The van der Waals surface area contributed by atoms with Crippen molar-refractivity contribution in [2.75, 3.05) is 6.61 Å². The standard InChI is InChI=1S/C16H18N2O3/c1-3-11-7-12(18(4-2)17-11)9-20-13-5-6-14-15(19)10-21-16(14)8-13/h5-8H,3-4,9-10H2,1-2H3.